The van der Waals surface area contributed by atoms with Crippen LogP contribution in [0.3, 0.4) is 0 Å². The van der Waals surface area contributed by atoms with E-state index in [0.29, 0.717) is 57.2 Å². The van der Waals surface area contributed by atoms with Crippen molar-refractivity contribution in [2.45, 2.75) is 41.5 Å². The molecule has 0 radical (unpaired) electrons. The molecule has 0 saturated heterocycles. The lowest BCUT2D eigenvalue weighted by atomic mass is 10.1. The van der Waals surface area contributed by atoms with E-state index < -0.39 is 0 Å². The van der Waals surface area contributed by atoms with Crippen molar-refractivity contribution in [3.8, 4) is 11.6 Å². The second kappa shape index (κ2) is 23.8. The second-order valence-electron chi connectivity index (χ2n) is 13.9. The number of carbonyl (C=O) groups excluding carboxylic acids is 2. The van der Waals surface area contributed by atoms with Crippen molar-refractivity contribution in [2.24, 2.45) is 0 Å². The first-order valence-electron chi connectivity index (χ1n) is 19.2. The van der Waals surface area contributed by atoms with E-state index in [-0.39, 0.29) is 17.6 Å². The van der Waals surface area contributed by atoms with Gasteiger partial charge in [0.25, 0.3) is 11.8 Å². The highest BCUT2D eigenvalue weighted by Gasteiger charge is 2.37. The van der Waals surface area contributed by atoms with Crippen LogP contribution in [0.1, 0.15) is 54.4 Å². The van der Waals surface area contributed by atoms with Crippen LogP contribution in [0, 0.1) is 41.5 Å². The minimum absolute atomic E-state index is 0.154. The number of nitrogens with zero attached hydrogens (tertiary/aromatic N) is 7. The SMILES string of the molecule is COc1cc(C)c(N)cn1.Cc1cc(N)cnc1N.Cc1cc(O)cnc1N.Cc1cnccc1N.Cc1nc(N2C(=O)c3ccccc3C2=O)ccc1N.Cc1nc(P)ccc1N. The molecule has 0 saturated carbocycles. The molecule has 1 unspecified atom stereocenters. The van der Waals surface area contributed by atoms with Gasteiger partial charge in [0.15, 0.2) is 0 Å². The average Bonchev–Trinajstić information content (AvgIpc) is 3.52. The van der Waals surface area contributed by atoms with E-state index in [1.807, 2.05) is 39.8 Å². The van der Waals surface area contributed by atoms with Gasteiger partial charge in [0.05, 0.1) is 76.4 Å². The molecule has 1 aromatic carbocycles. The molecule has 7 heterocycles. The maximum atomic E-state index is 12.2. The van der Waals surface area contributed by atoms with Crippen molar-refractivity contribution < 1.29 is 19.4 Å². The summed E-state index contributed by atoms with van der Waals surface area (Å²) >= 11 is 0. The molecule has 8 rings (SSSR count). The minimum Gasteiger partial charge on any atom is -0.506 e. The van der Waals surface area contributed by atoms with Crippen molar-refractivity contribution in [1.29, 1.82) is 0 Å². The summed E-state index contributed by atoms with van der Waals surface area (Å²) in [4.78, 5) is 49.2. The third-order valence-electron chi connectivity index (χ3n) is 8.93. The third kappa shape index (κ3) is 14.8. The minimum atomic E-state index is -0.350. The highest BCUT2D eigenvalue weighted by atomic mass is 31.0. The third-order valence-corrected chi connectivity index (χ3v) is 9.25. The highest BCUT2D eigenvalue weighted by molar-refractivity contribution is 7.26. The molecule has 6 aromatic heterocycles. The number of hydrogen-bond acceptors (Lipinski definition) is 17. The van der Waals surface area contributed by atoms with Gasteiger partial charge in [0.2, 0.25) is 5.88 Å². The predicted octanol–water partition coefficient (Wildman–Crippen LogP) is 5.43. The monoisotopic (exact) mass is 886 g/mol. The van der Waals surface area contributed by atoms with E-state index in [0.717, 1.165) is 49.7 Å². The molecule has 1 aliphatic rings. The van der Waals surface area contributed by atoms with Crippen LogP contribution < -0.4 is 55.2 Å². The number of imide groups is 1. The number of aryl methyl sites for hydroxylation is 6. The number of pyridine rings is 6. The molecule has 1 atom stereocenters. The fraction of sp³-hybridized carbons (Fsp3) is 0.156. The van der Waals surface area contributed by atoms with Gasteiger partial charge in [0.1, 0.15) is 23.2 Å². The molecule has 0 aliphatic carbocycles. The Morgan fingerprint density at radius 2 is 1.14 bits per heavy atom. The Kier molecular flexibility index (Phi) is 18.7. The van der Waals surface area contributed by atoms with Crippen molar-refractivity contribution in [1.82, 2.24) is 29.9 Å². The maximum absolute atomic E-state index is 12.2. The first kappa shape index (κ1) is 50.2. The Labute approximate surface area is 374 Å². The number of rotatable bonds is 2. The Morgan fingerprint density at radius 3 is 1.58 bits per heavy atom. The van der Waals surface area contributed by atoms with Crippen molar-refractivity contribution in [2.75, 3.05) is 52.1 Å². The molecule has 15 N–H and O–H groups in total. The number of aromatic nitrogens is 6. The Balaban J connectivity index is 0.000000212. The summed E-state index contributed by atoms with van der Waals surface area (Å²) in [7, 11) is 4.10. The number of benzene rings is 1. The van der Waals surface area contributed by atoms with Crippen LogP contribution in [0.4, 0.5) is 45.9 Å². The van der Waals surface area contributed by atoms with Gasteiger partial charge in [0, 0.05) is 24.1 Å². The van der Waals surface area contributed by atoms with Gasteiger partial charge in [-0.25, -0.2) is 24.8 Å². The molecular weight excluding hydrogens is 832 g/mol. The summed E-state index contributed by atoms with van der Waals surface area (Å²) < 4.78 is 4.88. The molecule has 19 heteroatoms. The lowest BCUT2D eigenvalue weighted by Gasteiger charge is -2.13. The molecular formula is C45H55N14O4P. The summed E-state index contributed by atoms with van der Waals surface area (Å²) in [5.74, 6) is 1.37. The molecule has 1 aliphatic heterocycles. The first-order chi connectivity index (χ1) is 30.2. The number of nitrogens with two attached hydrogens (primary N) is 7. The van der Waals surface area contributed by atoms with Gasteiger partial charge in [-0.2, -0.15) is 0 Å². The Morgan fingerprint density at radius 1 is 0.578 bits per heavy atom. The normalized spacial score (nSPS) is 10.7. The summed E-state index contributed by atoms with van der Waals surface area (Å²) in [6.07, 6.45) is 7.89. The van der Waals surface area contributed by atoms with Crippen LogP contribution in [0.15, 0.2) is 104 Å². The standard InChI is InChI=1S/C14H11N3O2.C7H10N2O.C6H9N3.C6H8N2O.C6H9N2P.C6H8N2/c1-8-11(15)6-7-12(16-8)17-13(18)9-4-2-3-5-10(9)14(17)19;1-5-3-7(10-2)9-4-6(5)8;1-4-2-5(7)3-9-6(4)8;1-4-2-5(9)3-8-6(4)7;1-4-5(7)2-3-6(9)8-4;1-5-4-8-3-2-6(5)7/h2-7H,15H2,1H3;3-4H,8H2,1-2H3;2-3H,7H2,1H3,(H2,8,9);2-3,9H,1H3,(H2,7,8);2-3H,7,9H2,1H3;2-4H,1H3,(H2,7,8). The predicted molar refractivity (Wildman–Crippen MR) is 260 cm³/mol. The van der Waals surface area contributed by atoms with E-state index >= 15 is 0 Å². The van der Waals surface area contributed by atoms with Gasteiger partial charge in [-0.05, 0) is 118 Å². The number of anilines is 8. The average molecular weight is 887 g/mol. The number of hydrogen-bond donors (Lipinski definition) is 8. The smallest absolute Gasteiger partial charge is 0.267 e. The van der Waals surface area contributed by atoms with Gasteiger partial charge in [-0.3, -0.25) is 19.6 Å². The molecule has 0 fully saturated rings. The second-order valence-corrected chi connectivity index (χ2v) is 14.5. The van der Waals surface area contributed by atoms with E-state index in [1.165, 1.54) is 6.20 Å². The van der Waals surface area contributed by atoms with Crippen LogP contribution in [0.2, 0.25) is 0 Å². The van der Waals surface area contributed by atoms with Crippen molar-refractivity contribution in [3.63, 3.8) is 0 Å². The first-order valence-corrected chi connectivity index (χ1v) is 19.8. The summed E-state index contributed by atoms with van der Waals surface area (Å²) in [5.41, 5.74) is 48.8. The molecule has 0 spiro atoms. The van der Waals surface area contributed by atoms with E-state index in [1.54, 1.807) is 106 Å². The van der Waals surface area contributed by atoms with Crippen LogP contribution >= 0.6 is 9.24 Å². The lowest BCUT2D eigenvalue weighted by Crippen LogP contribution is -2.30. The number of ether oxygens (including phenoxy) is 1. The Hall–Kier alpha value is -8.11. The van der Waals surface area contributed by atoms with E-state index in [9.17, 15) is 9.59 Å². The van der Waals surface area contributed by atoms with E-state index in [4.69, 9.17) is 50.0 Å². The summed E-state index contributed by atoms with van der Waals surface area (Å²) in [5, 5.41) is 8.82. The number of aromatic hydroxyl groups is 1. The van der Waals surface area contributed by atoms with Crippen LogP contribution in [-0.2, 0) is 0 Å². The van der Waals surface area contributed by atoms with Crippen molar-refractivity contribution >= 4 is 72.4 Å². The van der Waals surface area contributed by atoms with Gasteiger partial charge in [-0.1, -0.05) is 21.4 Å². The summed E-state index contributed by atoms with van der Waals surface area (Å²) in [6, 6.07) is 20.6. The topological polar surface area (TPSA) is 326 Å². The maximum Gasteiger partial charge on any atom is 0.267 e. The fourth-order valence-corrected chi connectivity index (χ4v) is 5.28. The fourth-order valence-electron chi connectivity index (χ4n) is 4.99. The lowest BCUT2D eigenvalue weighted by molar-refractivity contribution is 0.0925. The molecule has 2 amide bonds. The molecule has 7 aromatic rings. The molecule has 18 nitrogen and oxygen atoms in total. The molecule has 0 bridgehead atoms. The highest BCUT2D eigenvalue weighted by Crippen LogP contribution is 2.28. The molecule has 64 heavy (non-hydrogen) atoms. The van der Waals surface area contributed by atoms with Crippen LogP contribution in [0.5, 0.6) is 11.6 Å². The number of amides is 2. The zero-order valence-corrected chi connectivity index (χ0v) is 37.9. The largest absolute Gasteiger partial charge is 0.506 e. The van der Waals surface area contributed by atoms with Crippen LogP contribution in [-0.4, -0.2) is 53.9 Å². The Bertz CT molecular complexity index is 2530. The van der Waals surface area contributed by atoms with Crippen LogP contribution in [0.25, 0.3) is 0 Å². The van der Waals surface area contributed by atoms with Crippen molar-refractivity contribution in [3.05, 3.63) is 149 Å². The molecule has 334 valence electrons. The number of nitrogen functional groups attached to an aromatic ring is 7. The van der Waals surface area contributed by atoms with E-state index in [2.05, 4.69) is 39.1 Å². The quantitative estimate of drug-likeness (QED) is 0.0792. The number of carbonyl (C=O) groups is 2. The zero-order chi connectivity index (χ0) is 47.7. The number of methoxy groups -OCH3 is 1. The van der Waals surface area contributed by atoms with Gasteiger partial charge >= 0.3 is 0 Å². The summed E-state index contributed by atoms with van der Waals surface area (Å²) in [6.45, 7) is 11.1. The van der Waals surface area contributed by atoms with Gasteiger partial charge < -0.3 is 50.0 Å². The van der Waals surface area contributed by atoms with Gasteiger partial charge in [-0.15, -0.1) is 0 Å². The zero-order valence-electron chi connectivity index (χ0n) is 36.7. The number of fused-ring (bicyclic) bond motifs is 1.